The SMILES string of the molecule is C/C(=C/C(=O)Oc1ccc(I)cc1)C(=O)Oc1cc(I)c(S(=O)(=O)[O-])c(I)c1. The van der Waals surface area contributed by atoms with Crippen molar-refractivity contribution in [2.45, 2.75) is 11.8 Å². The first-order valence-electron chi connectivity index (χ1n) is 7.30. The van der Waals surface area contributed by atoms with Gasteiger partial charge in [0.2, 0.25) is 0 Å². The first-order valence-corrected chi connectivity index (χ1v) is 11.9. The van der Waals surface area contributed by atoms with Crippen LogP contribution in [0.15, 0.2) is 52.9 Å². The number of carbonyl (C=O) groups excluding carboxylic acids is 2. The fourth-order valence-corrected chi connectivity index (χ4v) is 6.19. The van der Waals surface area contributed by atoms with Crippen LogP contribution in [0, 0.1) is 10.7 Å². The molecular formula is C17H10I3O7S-. The number of hydrogen-bond acceptors (Lipinski definition) is 7. The average molecular weight is 739 g/mol. The maximum atomic E-state index is 12.2. The van der Waals surface area contributed by atoms with Crippen molar-refractivity contribution in [2.24, 2.45) is 0 Å². The van der Waals surface area contributed by atoms with Gasteiger partial charge in [0, 0.05) is 22.4 Å². The van der Waals surface area contributed by atoms with E-state index in [2.05, 4.69) is 22.6 Å². The van der Waals surface area contributed by atoms with Crippen molar-refractivity contribution in [1.82, 2.24) is 0 Å². The van der Waals surface area contributed by atoms with E-state index < -0.39 is 22.1 Å². The molecule has 28 heavy (non-hydrogen) atoms. The number of rotatable bonds is 5. The van der Waals surface area contributed by atoms with Crippen LogP contribution in [0.3, 0.4) is 0 Å². The summed E-state index contributed by atoms with van der Waals surface area (Å²) in [7, 11) is -4.65. The molecule has 0 saturated heterocycles. The predicted molar refractivity (Wildman–Crippen MR) is 124 cm³/mol. The van der Waals surface area contributed by atoms with Crippen LogP contribution in [0.1, 0.15) is 6.92 Å². The Morgan fingerprint density at radius 1 is 0.964 bits per heavy atom. The van der Waals surface area contributed by atoms with Crippen molar-refractivity contribution in [3.63, 3.8) is 0 Å². The molecule has 0 atom stereocenters. The summed E-state index contributed by atoms with van der Waals surface area (Å²) in [5.74, 6) is -1.18. The standard InChI is InChI=1S/C17H11I3O7S/c1-9(6-15(21)26-11-4-2-10(18)3-5-11)17(22)27-12-7-13(19)16(14(20)8-12)28(23,24)25/h2-8H,1H3,(H,23,24,25)/p-1/b9-6-. The monoisotopic (exact) mass is 739 g/mol. The Balaban J connectivity index is 2.12. The summed E-state index contributed by atoms with van der Waals surface area (Å²) >= 11 is 5.46. The van der Waals surface area contributed by atoms with Crippen LogP contribution < -0.4 is 9.47 Å². The van der Waals surface area contributed by atoms with Crippen LogP contribution in [0.25, 0.3) is 0 Å². The second-order valence-corrected chi connectivity index (χ2v) is 10.1. The van der Waals surface area contributed by atoms with Crippen molar-refractivity contribution >= 4 is 89.8 Å². The lowest BCUT2D eigenvalue weighted by Gasteiger charge is -2.13. The summed E-state index contributed by atoms with van der Waals surface area (Å²) in [4.78, 5) is 23.7. The lowest BCUT2D eigenvalue weighted by Crippen LogP contribution is -2.13. The predicted octanol–water partition coefficient (Wildman–Crippen LogP) is 3.86. The zero-order valence-corrected chi connectivity index (χ0v) is 21.2. The minimum Gasteiger partial charge on any atom is -0.744 e. The van der Waals surface area contributed by atoms with E-state index in [4.69, 9.17) is 9.47 Å². The van der Waals surface area contributed by atoms with Gasteiger partial charge in [0.15, 0.2) is 0 Å². The molecule has 0 aliphatic heterocycles. The molecule has 0 aromatic heterocycles. The number of esters is 2. The third-order valence-corrected chi connectivity index (χ3v) is 7.21. The van der Waals surface area contributed by atoms with E-state index in [1.165, 1.54) is 19.1 Å². The van der Waals surface area contributed by atoms with Crippen LogP contribution >= 0.6 is 67.8 Å². The Labute approximate surface area is 202 Å². The summed E-state index contributed by atoms with van der Waals surface area (Å²) in [6, 6.07) is 9.28. The number of carbonyl (C=O) groups is 2. The average Bonchev–Trinajstić information content (AvgIpc) is 2.54. The van der Waals surface area contributed by atoms with E-state index in [0.717, 1.165) is 9.65 Å². The Kier molecular flexibility index (Phi) is 8.24. The van der Waals surface area contributed by atoms with Crippen LogP contribution in [0.2, 0.25) is 0 Å². The van der Waals surface area contributed by atoms with Gasteiger partial charge in [0.1, 0.15) is 21.6 Å². The third kappa shape index (κ3) is 6.64. The largest absolute Gasteiger partial charge is 0.744 e. The zero-order valence-electron chi connectivity index (χ0n) is 13.9. The molecule has 0 saturated carbocycles. The molecule has 0 spiro atoms. The van der Waals surface area contributed by atoms with Crippen LogP contribution in [-0.4, -0.2) is 24.9 Å². The maximum absolute atomic E-state index is 12.2. The Hall–Kier alpha value is -0.780. The number of hydrogen-bond donors (Lipinski definition) is 0. The van der Waals surface area contributed by atoms with E-state index in [9.17, 15) is 22.6 Å². The van der Waals surface area contributed by atoms with Crippen molar-refractivity contribution in [3.8, 4) is 11.5 Å². The molecule has 0 amide bonds. The topological polar surface area (TPSA) is 110 Å². The van der Waals surface area contributed by atoms with Crippen LogP contribution in [-0.2, 0) is 19.7 Å². The number of ether oxygens (including phenoxy) is 2. The van der Waals surface area contributed by atoms with E-state index in [1.807, 2.05) is 0 Å². The van der Waals surface area contributed by atoms with Gasteiger partial charge in [-0.15, -0.1) is 0 Å². The van der Waals surface area contributed by atoms with Gasteiger partial charge < -0.3 is 14.0 Å². The van der Waals surface area contributed by atoms with Crippen molar-refractivity contribution < 1.29 is 32.0 Å². The van der Waals surface area contributed by atoms with Gasteiger partial charge in [-0.2, -0.15) is 0 Å². The molecule has 0 fully saturated rings. The summed E-state index contributed by atoms with van der Waals surface area (Å²) in [5.41, 5.74) is -0.0129. The first-order chi connectivity index (χ1) is 13.0. The van der Waals surface area contributed by atoms with Crippen molar-refractivity contribution in [2.75, 3.05) is 0 Å². The van der Waals surface area contributed by atoms with Gasteiger partial charge in [0.25, 0.3) is 0 Å². The molecular weight excluding hydrogens is 729 g/mol. The van der Waals surface area contributed by atoms with E-state index >= 15 is 0 Å². The van der Waals surface area contributed by atoms with Gasteiger partial charge in [0.05, 0.1) is 4.90 Å². The van der Waals surface area contributed by atoms with Gasteiger partial charge >= 0.3 is 11.9 Å². The fourth-order valence-electron chi connectivity index (χ4n) is 1.91. The Bertz CT molecular complexity index is 1040. The van der Waals surface area contributed by atoms with Crippen molar-refractivity contribution in [3.05, 3.63) is 58.8 Å². The van der Waals surface area contributed by atoms with Gasteiger partial charge in [-0.3, -0.25) is 0 Å². The number of halogens is 3. The van der Waals surface area contributed by atoms with E-state index in [-0.39, 0.29) is 23.4 Å². The molecule has 0 heterocycles. The summed E-state index contributed by atoms with van der Waals surface area (Å²) in [6.07, 6.45) is 0.993. The fraction of sp³-hybridized carbons (Fsp3) is 0.0588. The maximum Gasteiger partial charge on any atom is 0.339 e. The molecule has 2 aromatic carbocycles. The van der Waals surface area contributed by atoms with E-state index in [1.54, 1.807) is 69.4 Å². The highest BCUT2D eigenvalue weighted by molar-refractivity contribution is 14.1. The molecule has 0 aliphatic rings. The Morgan fingerprint density at radius 3 is 2.00 bits per heavy atom. The molecule has 2 rings (SSSR count). The zero-order chi connectivity index (χ0) is 21.1. The number of benzene rings is 2. The highest BCUT2D eigenvalue weighted by atomic mass is 127. The molecule has 0 radical (unpaired) electrons. The van der Waals surface area contributed by atoms with Crippen molar-refractivity contribution in [1.29, 1.82) is 0 Å². The third-order valence-electron chi connectivity index (χ3n) is 3.12. The normalized spacial score (nSPS) is 11.8. The minimum absolute atomic E-state index is 0.0129. The second kappa shape index (κ2) is 9.82. The summed E-state index contributed by atoms with van der Waals surface area (Å²) in [5, 5.41) is 0. The molecule has 0 bridgehead atoms. The van der Waals surface area contributed by atoms with Gasteiger partial charge in [-0.1, -0.05) is 0 Å². The quantitative estimate of drug-likeness (QED) is 0.151. The summed E-state index contributed by atoms with van der Waals surface area (Å²) in [6.45, 7) is 1.38. The van der Waals surface area contributed by atoms with Crippen LogP contribution in [0.5, 0.6) is 11.5 Å². The molecule has 0 aliphatic carbocycles. The highest BCUT2D eigenvalue weighted by Gasteiger charge is 2.17. The van der Waals surface area contributed by atoms with Crippen LogP contribution in [0.4, 0.5) is 0 Å². The lowest BCUT2D eigenvalue weighted by molar-refractivity contribution is -0.132. The molecule has 0 N–H and O–H groups in total. The second-order valence-electron chi connectivity index (χ2n) is 5.26. The lowest BCUT2D eigenvalue weighted by atomic mass is 10.3. The van der Waals surface area contributed by atoms with Gasteiger partial charge in [-0.25, -0.2) is 18.0 Å². The Morgan fingerprint density at radius 2 is 1.50 bits per heavy atom. The van der Waals surface area contributed by atoms with Gasteiger partial charge in [-0.05, 0) is 111 Å². The molecule has 7 nitrogen and oxygen atoms in total. The highest BCUT2D eigenvalue weighted by Crippen LogP contribution is 2.29. The smallest absolute Gasteiger partial charge is 0.339 e. The molecule has 2 aromatic rings. The molecule has 148 valence electrons. The summed E-state index contributed by atoms with van der Waals surface area (Å²) < 4.78 is 45.3. The molecule has 11 heteroatoms. The minimum atomic E-state index is -4.65. The van der Waals surface area contributed by atoms with E-state index in [0.29, 0.717) is 5.75 Å². The molecule has 0 unspecified atom stereocenters. The first kappa shape index (κ1) is 23.5.